The van der Waals surface area contributed by atoms with Crippen LogP contribution in [-0.4, -0.2) is 21.4 Å². The Hall–Kier alpha value is -2.55. The molecule has 1 N–H and O–H groups in total. The van der Waals surface area contributed by atoms with Crippen LogP contribution in [0.25, 0.3) is 17.0 Å². The molecule has 0 aliphatic carbocycles. The van der Waals surface area contributed by atoms with Gasteiger partial charge in [-0.05, 0) is 37.1 Å². The molecule has 0 amide bonds. The lowest BCUT2D eigenvalue weighted by atomic mass is 10.1. The van der Waals surface area contributed by atoms with Gasteiger partial charge in [-0.15, -0.1) is 0 Å². The number of aromatic nitrogens is 2. The van der Waals surface area contributed by atoms with Crippen LogP contribution in [0.1, 0.15) is 22.5 Å². The molecule has 22 heavy (non-hydrogen) atoms. The molecule has 0 spiro atoms. The van der Waals surface area contributed by atoms with Gasteiger partial charge >= 0.3 is 0 Å². The second kappa shape index (κ2) is 5.34. The molecule has 1 aliphatic heterocycles. The first kappa shape index (κ1) is 13.1. The van der Waals surface area contributed by atoms with Crippen LogP contribution in [0.2, 0.25) is 0 Å². The van der Waals surface area contributed by atoms with Crippen LogP contribution < -0.4 is 0 Å². The van der Waals surface area contributed by atoms with Crippen LogP contribution in [0, 0.1) is 6.92 Å². The van der Waals surface area contributed by atoms with Gasteiger partial charge < -0.3 is 9.88 Å². The smallest absolute Gasteiger partial charge is 0.0462 e. The number of benzene rings is 1. The maximum Gasteiger partial charge on any atom is 0.0462 e. The Bertz CT molecular complexity index is 828. The Balaban J connectivity index is 1.50. The van der Waals surface area contributed by atoms with Gasteiger partial charge in [0.2, 0.25) is 0 Å². The first-order valence-corrected chi connectivity index (χ1v) is 7.73. The monoisotopic (exact) mass is 289 g/mol. The lowest BCUT2D eigenvalue weighted by molar-refractivity contribution is 0.372. The fraction of sp³-hybridized carbons (Fsp3) is 0.211. The summed E-state index contributed by atoms with van der Waals surface area (Å²) in [4.78, 5) is 10.2. The van der Waals surface area contributed by atoms with Crippen LogP contribution in [0.15, 0.2) is 48.8 Å². The summed E-state index contributed by atoms with van der Waals surface area (Å²) in [7, 11) is 0. The van der Waals surface area contributed by atoms with Gasteiger partial charge in [-0.25, -0.2) is 0 Å². The van der Waals surface area contributed by atoms with Crippen LogP contribution >= 0.6 is 0 Å². The quantitative estimate of drug-likeness (QED) is 0.793. The predicted octanol–water partition coefficient (Wildman–Crippen LogP) is 3.90. The highest BCUT2D eigenvalue weighted by Crippen LogP contribution is 2.27. The molecule has 1 aromatic carbocycles. The van der Waals surface area contributed by atoms with Crippen molar-refractivity contribution < 1.29 is 0 Å². The van der Waals surface area contributed by atoms with E-state index in [2.05, 4.69) is 63.5 Å². The van der Waals surface area contributed by atoms with Gasteiger partial charge in [0, 0.05) is 53.3 Å². The molecular formula is C19H19N3. The molecule has 3 nitrogen and oxygen atoms in total. The Labute approximate surface area is 130 Å². The average molecular weight is 289 g/mol. The van der Waals surface area contributed by atoms with E-state index in [1.165, 1.54) is 27.7 Å². The van der Waals surface area contributed by atoms with E-state index in [9.17, 15) is 0 Å². The minimum absolute atomic E-state index is 0.967. The Morgan fingerprint density at radius 1 is 1.18 bits per heavy atom. The third-order valence-corrected chi connectivity index (χ3v) is 4.32. The third kappa shape index (κ3) is 2.39. The van der Waals surface area contributed by atoms with Crippen molar-refractivity contribution >= 4 is 17.0 Å². The molecule has 0 unspecified atom stereocenters. The van der Waals surface area contributed by atoms with Crippen molar-refractivity contribution in [3.05, 3.63) is 71.3 Å². The van der Waals surface area contributed by atoms with E-state index >= 15 is 0 Å². The Morgan fingerprint density at radius 2 is 2.09 bits per heavy atom. The molecule has 0 atom stereocenters. The number of hydrogen-bond donors (Lipinski definition) is 1. The predicted molar refractivity (Wildman–Crippen MR) is 90.4 cm³/mol. The summed E-state index contributed by atoms with van der Waals surface area (Å²) in [5.74, 6) is 0. The van der Waals surface area contributed by atoms with Gasteiger partial charge in [0.25, 0.3) is 0 Å². The summed E-state index contributed by atoms with van der Waals surface area (Å²) in [6, 6.07) is 12.8. The minimum atomic E-state index is 0.967. The van der Waals surface area contributed by atoms with Gasteiger partial charge in [0.05, 0.1) is 0 Å². The molecule has 0 radical (unpaired) electrons. The van der Waals surface area contributed by atoms with Crippen LogP contribution in [-0.2, 0) is 13.0 Å². The van der Waals surface area contributed by atoms with Crippen LogP contribution in [0.3, 0.4) is 0 Å². The molecule has 0 saturated carbocycles. The summed E-state index contributed by atoms with van der Waals surface area (Å²) in [5.41, 5.74) is 6.24. The van der Waals surface area contributed by atoms with Crippen LogP contribution in [0.4, 0.5) is 0 Å². The zero-order valence-corrected chi connectivity index (χ0v) is 12.7. The highest BCUT2D eigenvalue weighted by molar-refractivity contribution is 5.87. The Morgan fingerprint density at radius 3 is 2.95 bits per heavy atom. The van der Waals surface area contributed by atoms with Crippen molar-refractivity contribution in [1.82, 2.24) is 14.9 Å². The van der Waals surface area contributed by atoms with Crippen molar-refractivity contribution in [1.29, 1.82) is 0 Å². The normalized spacial score (nSPS) is 13.6. The largest absolute Gasteiger partial charge is 0.373 e. The number of nitrogens with zero attached hydrogens (tertiary/aromatic N) is 2. The van der Waals surface area contributed by atoms with E-state index in [1.54, 1.807) is 0 Å². The molecule has 110 valence electrons. The number of pyridine rings is 1. The first-order valence-electron chi connectivity index (χ1n) is 7.73. The standard InChI is InChI=1S/C19H19N3/c1-14-6-7-15(12-20-14)8-10-22-11-9-19-17(13-22)16-4-2-3-5-18(16)21-19/h2-7,9,11-12,21H,8,10,13H2,1H3. The van der Waals surface area contributed by atoms with E-state index < -0.39 is 0 Å². The minimum Gasteiger partial charge on any atom is -0.373 e. The van der Waals surface area contributed by atoms with Gasteiger partial charge in [-0.3, -0.25) is 4.98 Å². The topological polar surface area (TPSA) is 31.9 Å². The lowest BCUT2D eigenvalue weighted by Crippen LogP contribution is -2.22. The van der Waals surface area contributed by atoms with Crippen LogP contribution in [0.5, 0.6) is 0 Å². The molecule has 3 aromatic rings. The average Bonchev–Trinajstić information content (AvgIpc) is 2.92. The Kier molecular flexibility index (Phi) is 3.19. The van der Waals surface area contributed by atoms with Gasteiger partial charge in [0.1, 0.15) is 0 Å². The molecule has 0 saturated heterocycles. The summed E-state index contributed by atoms with van der Waals surface area (Å²) in [6.07, 6.45) is 7.39. The van der Waals surface area contributed by atoms with Crippen molar-refractivity contribution in [2.45, 2.75) is 19.9 Å². The van der Waals surface area contributed by atoms with Crippen molar-refractivity contribution in [2.75, 3.05) is 6.54 Å². The number of hydrogen-bond acceptors (Lipinski definition) is 2. The van der Waals surface area contributed by atoms with Gasteiger partial charge in [-0.2, -0.15) is 0 Å². The number of nitrogens with one attached hydrogen (secondary N) is 1. The van der Waals surface area contributed by atoms with Gasteiger partial charge in [0.15, 0.2) is 0 Å². The van der Waals surface area contributed by atoms with E-state index in [0.29, 0.717) is 0 Å². The SMILES string of the molecule is Cc1ccc(CCN2C=Cc3[nH]c4ccccc4c3C2)cn1. The van der Waals surface area contributed by atoms with E-state index in [1.807, 2.05) is 13.1 Å². The van der Waals surface area contributed by atoms with Crippen molar-refractivity contribution in [3.8, 4) is 0 Å². The summed E-state index contributed by atoms with van der Waals surface area (Å²) in [6.45, 7) is 4.00. The molecule has 2 aromatic heterocycles. The highest BCUT2D eigenvalue weighted by atomic mass is 15.1. The molecule has 1 aliphatic rings. The zero-order chi connectivity index (χ0) is 14.9. The van der Waals surface area contributed by atoms with Crippen molar-refractivity contribution in [3.63, 3.8) is 0 Å². The summed E-state index contributed by atoms with van der Waals surface area (Å²) >= 11 is 0. The maximum atomic E-state index is 4.37. The summed E-state index contributed by atoms with van der Waals surface area (Å²) < 4.78 is 0. The second-order valence-corrected chi connectivity index (χ2v) is 5.91. The van der Waals surface area contributed by atoms with Crippen molar-refractivity contribution in [2.24, 2.45) is 0 Å². The highest BCUT2D eigenvalue weighted by Gasteiger charge is 2.15. The molecular weight excluding hydrogens is 270 g/mol. The maximum absolute atomic E-state index is 4.37. The lowest BCUT2D eigenvalue weighted by Gasteiger charge is -2.24. The number of aryl methyl sites for hydroxylation is 1. The number of fused-ring (bicyclic) bond motifs is 3. The number of H-pyrrole nitrogens is 1. The molecule has 3 heteroatoms. The van der Waals surface area contributed by atoms with E-state index in [0.717, 1.165) is 25.2 Å². The summed E-state index contributed by atoms with van der Waals surface area (Å²) in [5, 5.41) is 1.34. The third-order valence-electron chi connectivity index (χ3n) is 4.32. The number of rotatable bonds is 3. The second-order valence-electron chi connectivity index (χ2n) is 5.91. The number of para-hydroxylation sites is 1. The fourth-order valence-corrected chi connectivity index (χ4v) is 3.04. The van der Waals surface area contributed by atoms with E-state index in [4.69, 9.17) is 0 Å². The molecule has 4 rings (SSSR count). The van der Waals surface area contributed by atoms with E-state index in [-0.39, 0.29) is 0 Å². The zero-order valence-electron chi connectivity index (χ0n) is 12.7. The number of aromatic amines is 1. The van der Waals surface area contributed by atoms with Gasteiger partial charge in [-0.1, -0.05) is 24.3 Å². The molecule has 3 heterocycles. The fourth-order valence-electron chi connectivity index (χ4n) is 3.04. The first-order chi connectivity index (χ1) is 10.8. The molecule has 0 bridgehead atoms. The molecule has 0 fully saturated rings.